The minimum absolute atomic E-state index is 0.104. The highest BCUT2D eigenvalue weighted by molar-refractivity contribution is 7.98. The van der Waals surface area contributed by atoms with E-state index < -0.39 is 5.82 Å². The van der Waals surface area contributed by atoms with E-state index in [4.69, 9.17) is 5.26 Å². The Morgan fingerprint density at radius 3 is 2.80 bits per heavy atom. The average molecular weight is 286 g/mol. The Morgan fingerprint density at radius 2 is 2.05 bits per heavy atom. The topological polar surface area (TPSA) is 35.8 Å². The molecule has 0 radical (unpaired) electrons. The first-order valence-electron chi connectivity index (χ1n) is 6.28. The summed E-state index contributed by atoms with van der Waals surface area (Å²) in [6.45, 7) is 0.812. The second-order valence-electron chi connectivity index (χ2n) is 4.36. The van der Waals surface area contributed by atoms with Crippen molar-refractivity contribution in [3.8, 4) is 6.07 Å². The molecular formula is C16H15FN2S. The molecule has 1 N–H and O–H groups in total. The lowest BCUT2D eigenvalue weighted by molar-refractivity contribution is 0.613. The van der Waals surface area contributed by atoms with Crippen LogP contribution in [0.2, 0.25) is 0 Å². The molecule has 0 saturated carbocycles. The maximum absolute atomic E-state index is 13.9. The van der Waals surface area contributed by atoms with Crippen LogP contribution in [0.15, 0.2) is 47.4 Å². The number of thioether (sulfide) groups is 1. The molecule has 0 heterocycles. The predicted molar refractivity (Wildman–Crippen MR) is 79.9 cm³/mol. The third kappa shape index (κ3) is 3.60. The molecule has 0 bridgehead atoms. The molecule has 2 rings (SSSR count). The molecule has 0 amide bonds. The van der Waals surface area contributed by atoms with E-state index in [1.54, 1.807) is 23.9 Å². The molecular weight excluding hydrogens is 271 g/mol. The second kappa shape index (κ2) is 7.09. The monoisotopic (exact) mass is 286 g/mol. The number of hydrogen-bond donors (Lipinski definition) is 1. The fourth-order valence-corrected chi connectivity index (χ4v) is 2.84. The number of nitriles is 1. The molecule has 102 valence electrons. The van der Waals surface area contributed by atoms with Gasteiger partial charge in [0.2, 0.25) is 0 Å². The highest BCUT2D eigenvalue weighted by Crippen LogP contribution is 2.25. The minimum Gasteiger partial charge on any atom is -0.316 e. The quantitative estimate of drug-likeness (QED) is 0.851. The van der Waals surface area contributed by atoms with E-state index in [0.717, 1.165) is 11.4 Å². The van der Waals surface area contributed by atoms with Gasteiger partial charge in [0.05, 0.1) is 5.56 Å². The van der Waals surface area contributed by atoms with Gasteiger partial charge in [-0.25, -0.2) is 4.39 Å². The molecule has 2 aromatic carbocycles. The Labute approximate surface area is 122 Å². The molecule has 0 unspecified atom stereocenters. The number of hydrogen-bond acceptors (Lipinski definition) is 3. The number of halogens is 1. The van der Waals surface area contributed by atoms with Crippen molar-refractivity contribution < 1.29 is 4.39 Å². The number of nitrogens with zero attached hydrogens (tertiary/aromatic N) is 1. The van der Waals surface area contributed by atoms with E-state index >= 15 is 0 Å². The van der Waals surface area contributed by atoms with Crippen molar-refractivity contribution in [2.75, 3.05) is 7.05 Å². The van der Waals surface area contributed by atoms with Crippen LogP contribution in [0.1, 0.15) is 16.7 Å². The molecule has 0 aliphatic heterocycles. The smallest absolute Gasteiger partial charge is 0.144 e. The fraction of sp³-hybridized carbons (Fsp3) is 0.188. The molecule has 2 nitrogen and oxygen atoms in total. The van der Waals surface area contributed by atoms with Crippen molar-refractivity contribution in [1.82, 2.24) is 5.32 Å². The highest BCUT2D eigenvalue weighted by atomic mass is 32.2. The van der Waals surface area contributed by atoms with E-state index in [9.17, 15) is 4.39 Å². The van der Waals surface area contributed by atoms with Crippen LogP contribution in [-0.4, -0.2) is 7.05 Å². The van der Waals surface area contributed by atoms with Crippen LogP contribution in [0.25, 0.3) is 0 Å². The van der Waals surface area contributed by atoms with Gasteiger partial charge in [0.15, 0.2) is 0 Å². The van der Waals surface area contributed by atoms with Crippen LogP contribution in [0, 0.1) is 17.1 Å². The third-order valence-corrected chi connectivity index (χ3v) is 3.92. The molecule has 4 heteroatoms. The lowest BCUT2D eigenvalue weighted by Gasteiger charge is -2.06. The Bertz CT molecular complexity index is 635. The van der Waals surface area contributed by atoms with Crippen LogP contribution >= 0.6 is 11.8 Å². The first-order valence-corrected chi connectivity index (χ1v) is 7.27. The Hall–Kier alpha value is -1.83. The molecule has 20 heavy (non-hydrogen) atoms. The predicted octanol–water partition coefficient (Wildman–Crippen LogP) is 3.71. The summed E-state index contributed by atoms with van der Waals surface area (Å²) in [6.07, 6.45) is 0. The van der Waals surface area contributed by atoms with Gasteiger partial charge in [0.25, 0.3) is 0 Å². The molecule has 0 saturated heterocycles. The molecule has 2 aromatic rings. The van der Waals surface area contributed by atoms with Crippen molar-refractivity contribution in [2.24, 2.45) is 0 Å². The lowest BCUT2D eigenvalue weighted by Crippen LogP contribution is -2.04. The molecule has 0 aliphatic rings. The summed E-state index contributed by atoms with van der Waals surface area (Å²) < 4.78 is 13.9. The van der Waals surface area contributed by atoms with Gasteiger partial charge < -0.3 is 5.32 Å². The summed E-state index contributed by atoms with van der Waals surface area (Å²) >= 11 is 1.57. The van der Waals surface area contributed by atoms with E-state index in [0.29, 0.717) is 11.3 Å². The van der Waals surface area contributed by atoms with Crippen molar-refractivity contribution in [3.63, 3.8) is 0 Å². The van der Waals surface area contributed by atoms with E-state index in [1.807, 2.05) is 25.2 Å². The van der Waals surface area contributed by atoms with Gasteiger partial charge in [0, 0.05) is 17.2 Å². The standard InChI is InChI=1S/C16H15FN2S/c1-19-10-12-4-2-7-15(8-12)20-11-14-6-3-5-13(9-18)16(14)17/h2-8,19H,10-11H2,1H3. The van der Waals surface area contributed by atoms with Crippen molar-refractivity contribution >= 4 is 11.8 Å². The normalized spacial score (nSPS) is 10.2. The van der Waals surface area contributed by atoms with E-state index in [-0.39, 0.29) is 5.56 Å². The molecule has 0 aliphatic carbocycles. The van der Waals surface area contributed by atoms with Gasteiger partial charge >= 0.3 is 0 Å². The van der Waals surface area contributed by atoms with E-state index in [2.05, 4.69) is 17.4 Å². The van der Waals surface area contributed by atoms with Gasteiger partial charge in [-0.15, -0.1) is 11.8 Å². The second-order valence-corrected chi connectivity index (χ2v) is 5.41. The lowest BCUT2D eigenvalue weighted by atomic mass is 10.1. The molecule has 0 spiro atoms. The maximum Gasteiger partial charge on any atom is 0.144 e. The average Bonchev–Trinajstić information content (AvgIpc) is 2.47. The summed E-state index contributed by atoms with van der Waals surface area (Å²) in [6, 6.07) is 15.0. The van der Waals surface area contributed by atoms with Gasteiger partial charge in [-0.3, -0.25) is 0 Å². The zero-order valence-corrected chi connectivity index (χ0v) is 12.0. The summed E-state index contributed by atoms with van der Waals surface area (Å²) in [5, 5.41) is 11.9. The summed E-state index contributed by atoms with van der Waals surface area (Å²) in [4.78, 5) is 1.10. The largest absolute Gasteiger partial charge is 0.316 e. The third-order valence-electron chi connectivity index (χ3n) is 2.87. The van der Waals surface area contributed by atoms with Crippen LogP contribution in [0.5, 0.6) is 0 Å². The van der Waals surface area contributed by atoms with Crippen molar-refractivity contribution in [1.29, 1.82) is 5.26 Å². The maximum atomic E-state index is 13.9. The highest BCUT2D eigenvalue weighted by Gasteiger charge is 2.07. The Balaban J connectivity index is 2.09. The Kier molecular flexibility index (Phi) is 5.16. The van der Waals surface area contributed by atoms with Gasteiger partial charge in [-0.2, -0.15) is 5.26 Å². The molecule has 0 atom stereocenters. The summed E-state index contributed by atoms with van der Waals surface area (Å²) in [5.74, 6) is 0.110. The van der Waals surface area contributed by atoms with Gasteiger partial charge in [0.1, 0.15) is 11.9 Å². The zero-order chi connectivity index (χ0) is 14.4. The number of nitrogens with one attached hydrogen (secondary N) is 1. The zero-order valence-electron chi connectivity index (χ0n) is 11.2. The van der Waals surface area contributed by atoms with Gasteiger partial charge in [-0.05, 0) is 36.4 Å². The van der Waals surface area contributed by atoms with Crippen LogP contribution < -0.4 is 5.32 Å². The number of rotatable bonds is 5. The summed E-state index contributed by atoms with van der Waals surface area (Å²) in [5.41, 5.74) is 1.86. The van der Waals surface area contributed by atoms with Crippen LogP contribution in [0.4, 0.5) is 4.39 Å². The van der Waals surface area contributed by atoms with Gasteiger partial charge in [-0.1, -0.05) is 24.3 Å². The minimum atomic E-state index is -0.408. The SMILES string of the molecule is CNCc1cccc(SCc2cccc(C#N)c2F)c1. The first-order chi connectivity index (χ1) is 9.74. The number of benzene rings is 2. The van der Waals surface area contributed by atoms with Crippen molar-refractivity contribution in [3.05, 3.63) is 65.0 Å². The molecule has 0 fully saturated rings. The van der Waals surface area contributed by atoms with E-state index in [1.165, 1.54) is 11.6 Å². The first kappa shape index (κ1) is 14.6. The fourth-order valence-electron chi connectivity index (χ4n) is 1.89. The van der Waals surface area contributed by atoms with Crippen LogP contribution in [-0.2, 0) is 12.3 Å². The van der Waals surface area contributed by atoms with Crippen LogP contribution in [0.3, 0.4) is 0 Å². The summed E-state index contributed by atoms with van der Waals surface area (Å²) in [7, 11) is 1.91. The van der Waals surface area contributed by atoms with Crippen molar-refractivity contribution in [2.45, 2.75) is 17.2 Å². The molecule has 0 aromatic heterocycles. The Morgan fingerprint density at radius 1 is 1.25 bits per heavy atom.